The highest BCUT2D eigenvalue weighted by Crippen LogP contribution is 2.24. The van der Waals surface area contributed by atoms with Gasteiger partial charge in [0.25, 0.3) is 0 Å². The van der Waals surface area contributed by atoms with Crippen LogP contribution in [0, 0.1) is 0 Å². The Hall–Kier alpha value is -1.71. The van der Waals surface area contributed by atoms with Gasteiger partial charge < -0.3 is 14.6 Å². The highest BCUT2D eigenvalue weighted by molar-refractivity contribution is 5.88. The van der Waals surface area contributed by atoms with Crippen LogP contribution in [0.1, 0.15) is 30.6 Å². The van der Waals surface area contributed by atoms with Gasteiger partial charge >= 0.3 is 5.97 Å². The van der Waals surface area contributed by atoms with Gasteiger partial charge in [0.2, 0.25) is 0 Å². The van der Waals surface area contributed by atoms with Crippen molar-refractivity contribution < 1.29 is 19.4 Å². The number of ether oxygens (including phenoxy) is 2. The van der Waals surface area contributed by atoms with E-state index in [1.54, 1.807) is 6.07 Å². The highest BCUT2D eigenvalue weighted by atomic mass is 16.5. The van der Waals surface area contributed by atoms with E-state index in [2.05, 4.69) is 0 Å². The fourth-order valence-corrected chi connectivity index (χ4v) is 1.20. The molecule has 0 amide bonds. The molecule has 0 spiro atoms. The molecule has 0 saturated heterocycles. The van der Waals surface area contributed by atoms with Crippen LogP contribution in [0.2, 0.25) is 0 Å². The normalized spacial score (nSPS) is 11.9. The summed E-state index contributed by atoms with van der Waals surface area (Å²) in [4.78, 5) is 10.9. The van der Waals surface area contributed by atoms with Gasteiger partial charge in [0, 0.05) is 6.07 Å². The minimum Gasteiger partial charge on any atom is -0.497 e. The first-order valence-electron chi connectivity index (χ1n) is 5.15. The molecule has 0 fully saturated rings. The number of carboxylic acid groups (broad SMARTS) is 1. The summed E-state index contributed by atoms with van der Waals surface area (Å²) >= 11 is 0. The molecular formula is C12H16O4. The number of hydrogen-bond donors (Lipinski definition) is 1. The largest absolute Gasteiger partial charge is 0.497 e. The molecule has 1 aromatic rings. The Morgan fingerprint density at radius 3 is 2.50 bits per heavy atom. The average molecular weight is 224 g/mol. The van der Waals surface area contributed by atoms with Crippen molar-refractivity contribution in [1.29, 1.82) is 0 Å². The predicted molar refractivity (Wildman–Crippen MR) is 60.3 cm³/mol. The maximum Gasteiger partial charge on any atom is 0.335 e. The molecule has 16 heavy (non-hydrogen) atoms. The number of aromatic carboxylic acids is 1. The van der Waals surface area contributed by atoms with Crippen molar-refractivity contribution in [2.45, 2.75) is 26.4 Å². The van der Waals surface area contributed by atoms with Gasteiger partial charge in [0.1, 0.15) is 11.5 Å². The molecule has 0 radical (unpaired) electrons. The smallest absolute Gasteiger partial charge is 0.335 e. The lowest BCUT2D eigenvalue weighted by Crippen LogP contribution is -2.10. The van der Waals surface area contributed by atoms with Crippen LogP contribution >= 0.6 is 0 Å². The number of carbonyl (C=O) groups is 1. The molecule has 0 aliphatic heterocycles. The van der Waals surface area contributed by atoms with Crippen LogP contribution in [0.3, 0.4) is 0 Å². The van der Waals surface area contributed by atoms with Gasteiger partial charge in [-0.15, -0.1) is 0 Å². The van der Waals surface area contributed by atoms with Crippen LogP contribution in [0.15, 0.2) is 18.2 Å². The standard InChI is InChI=1S/C12H16O4/c1-4-8(2)16-11-6-9(12(13)14)5-10(7-11)15-3/h5-8H,4H2,1-3H3,(H,13,14)/t8-/m0/s1. The monoisotopic (exact) mass is 224 g/mol. The zero-order chi connectivity index (χ0) is 12.1. The van der Waals surface area contributed by atoms with Crippen LogP contribution in [0.4, 0.5) is 0 Å². The molecule has 0 aliphatic rings. The summed E-state index contributed by atoms with van der Waals surface area (Å²) in [5.74, 6) is 0.0113. The predicted octanol–water partition coefficient (Wildman–Crippen LogP) is 2.57. The van der Waals surface area contributed by atoms with Crippen LogP contribution < -0.4 is 9.47 Å². The minimum absolute atomic E-state index is 0.0498. The van der Waals surface area contributed by atoms with Gasteiger partial charge in [0.15, 0.2) is 0 Å². The molecule has 4 heteroatoms. The van der Waals surface area contributed by atoms with E-state index in [-0.39, 0.29) is 11.7 Å². The number of hydrogen-bond acceptors (Lipinski definition) is 3. The molecular weight excluding hydrogens is 208 g/mol. The van der Waals surface area contributed by atoms with E-state index in [1.165, 1.54) is 19.2 Å². The zero-order valence-corrected chi connectivity index (χ0v) is 9.69. The molecule has 1 N–H and O–H groups in total. The van der Waals surface area contributed by atoms with Crippen molar-refractivity contribution in [3.05, 3.63) is 23.8 Å². The maximum absolute atomic E-state index is 10.9. The molecule has 1 rings (SSSR count). The quantitative estimate of drug-likeness (QED) is 0.835. The van der Waals surface area contributed by atoms with Crippen LogP contribution in [0.25, 0.3) is 0 Å². The number of rotatable bonds is 5. The third-order valence-corrected chi connectivity index (χ3v) is 2.27. The average Bonchev–Trinajstić information content (AvgIpc) is 2.28. The van der Waals surface area contributed by atoms with Crippen LogP contribution in [-0.4, -0.2) is 24.3 Å². The third kappa shape index (κ3) is 3.15. The van der Waals surface area contributed by atoms with Crippen molar-refractivity contribution in [2.75, 3.05) is 7.11 Å². The summed E-state index contributed by atoms with van der Waals surface area (Å²) < 4.78 is 10.6. The van der Waals surface area contributed by atoms with E-state index in [0.29, 0.717) is 11.5 Å². The molecule has 0 heterocycles. The van der Waals surface area contributed by atoms with E-state index in [1.807, 2.05) is 13.8 Å². The first-order chi connectivity index (χ1) is 7.56. The second-order valence-corrected chi connectivity index (χ2v) is 3.54. The Labute approximate surface area is 94.8 Å². The SMILES string of the molecule is CC[C@H](C)Oc1cc(OC)cc(C(=O)O)c1. The van der Waals surface area contributed by atoms with Gasteiger partial charge in [-0.3, -0.25) is 0 Å². The van der Waals surface area contributed by atoms with Crippen LogP contribution in [0.5, 0.6) is 11.5 Å². The summed E-state index contributed by atoms with van der Waals surface area (Å²) in [6.45, 7) is 3.93. The first-order valence-corrected chi connectivity index (χ1v) is 5.15. The summed E-state index contributed by atoms with van der Waals surface area (Å²) in [6.07, 6.45) is 0.910. The second-order valence-electron chi connectivity index (χ2n) is 3.54. The Balaban J connectivity index is 2.99. The molecule has 0 saturated carbocycles. The number of benzene rings is 1. The van der Waals surface area contributed by atoms with Crippen molar-refractivity contribution in [1.82, 2.24) is 0 Å². The van der Waals surface area contributed by atoms with Gasteiger partial charge in [-0.25, -0.2) is 4.79 Å². The Morgan fingerprint density at radius 1 is 1.38 bits per heavy atom. The van der Waals surface area contributed by atoms with Gasteiger partial charge in [-0.1, -0.05) is 6.92 Å². The molecule has 0 unspecified atom stereocenters. The molecule has 0 aromatic heterocycles. The first kappa shape index (κ1) is 12.4. The summed E-state index contributed by atoms with van der Waals surface area (Å²) in [6, 6.07) is 4.64. The van der Waals surface area contributed by atoms with E-state index in [4.69, 9.17) is 14.6 Å². The topological polar surface area (TPSA) is 55.8 Å². The molecule has 4 nitrogen and oxygen atoms in total. The van der Waals surface area contributed by atoms with Crippen molar-refractivity contribution in [2.24, 2.45) is 0 Å². The van der Waals surface area contributed by atoms with Gasteiger partial charge in [-0.2, -0.15) is 0 Å². The summed E-state index contributed by atoms with van der Waals surface area (Å²) in [7, 11) is 1.49. The molecule has 0 bridgehead atoms. The zero-order valence-electron chi connectivity index (χ0n) is 9.69. The number of methoxy groups -OCH3 is 1. The maximum atomic E-state index is 10.9. The third-order valence-electron chi connectivity index (χ3n) is 2.27. The molecule has 0 aliphatic carbocycles. The Bertz CT molecular complexity index is 373. The Morgan fingerprint density at radius 2 is 2.00 bits per heavy atom. The minimum atomic E-state index is -0.993. The molecule has 88 valence electrons. The lowest BCUT2D eigenvalue weighted by atomic mass is 10.2. The highest BCUT2D eigenvalue weighted by Gasteiger charge is 2.09. The summed E-state index contributed by atoms with van der Waals surface area (Å²) in [5, 5.41) is 8.91. The molecule has 1 aromatic carbocycles. The van der Waals surface area contributed by atoms with Gasteiger partial charge in [-0.05, 0) is 25.5 Å². The van der Waals surface area contributed by atoms with Gasteiger partial charge in [0.05, 0.1) is 18.8 Å². The van der Waals surface area contributed by atoms with Crippen molar-refractivity contribution in [3.63, 3.8) is 0 Å². The fraction of sp³-hybridized carbons (Fsp3) is 0.417. The van der Waals surface area contributed by atoms with Crippen molar-refractivity contribution >= 4 is 5.97 Å². The fourth-order valence-electron chi connectivity index (χ4n) is 1.20. The van der Waals surface area contributed by atoms with E-state index in [0.717, 1.165) is 6.42 Å². The lowest BCUT2D eigenvalue weighted by Gasteiger charge is -2.14. The molecule has 1 atom stereocenters. The number of carboxylic acids is 1. The van der Waals surface area contributed by atoms with Crippen molar-refractivity contribution in [3.8, 4) is 11.5 Å². The van der Waals surface area contributed by atoms with E-state index < -0.39 is 5.97 Å². The summed E-state index contributed by atoms with van der Waals surface area (Å²) in [5.41, 5.74) is 0.164. The van der Waals surface area contributed by atoms with E-state index in [9.17, 15) is 4.79 Å². The second kappa shape index (κ2) is 5.39. The Kier molecular flexibility index (Phi) is 4.17. The van der Waals surface area contributed by atoms with E-state index >= 15 is 0 Å². The van der Waals surface area contributed by atoms with Crippen LogP contribution in [-0.2, 0) is 0 Å². The lowest BCUT2D eigenvalue weighted by molar-refractivity contribution is 0.0695.